The Hall–Kier alpha value is -1.18. The first kappa shape index (κ1) is 17.6. The molecule has 2 heterocycles. The Kier molecular flexibility index (Phi) is 6.08. The van der Waals surface area contributed by atoms with Crippen LogP contribution in [0.1, 0.15) is 16.9 Å². The van der Waals surface area contributed by atoms with Gasteiger partial charge in [-0.3, -0.25) is 4.79 Å². The molecule has 0 saturated carbocycles. The zero-order valence-corrected chi connectivity index (χ0v) is 15.2. The predicted molar refractivity (Wildman–Crippen MR) is 97.2 cm³/mol. The highest BCUT2D eigenvalue weighted by Gasteiger charge is 2.17. The highest BCUT2D eigenvalue weighted by molar-refractivity contribution is 7.15. The number of anilines is 1. The average Bonchev–Trinajstić information content (AvgIpc) is 2.99. The predicted octanol–water partition coefficient (Wildman–Crippen LogP) is 3.36. The number of nitrogens with one attached hydrogen (secondary N) is 2. The Balaban J connectivity index is 1.57. The summed E-state index contributed by atoms with van der Waals surface area (Å²) in [6, 6.07) is 5.44. The second kappa shape index (κ2) is 8.27. The molecule has 8 heteroatoms. The fraction of sp³-hybridized carbons (Fsp3) is 0.375. The standard InChI is InChI=1S/C16H17Cl2N3O2S/c17-11-1-2-14(18)10(5-11)6-13-8-20-16(24-13)21-15(22)7-12-9-23-4-3-19-12/h1-2,5,8,12,19H,3-4,6-7,9H2,(H,20,21,22). The maximum Gasteiger partial charge on any atom is 0.227 e. The summed E-state index contributed by atoms with van der Waals surface area (Å²) in [6.07, 6.45) is 2.75. The SMILES string of the molecule is O=C(CC1COCCN1)Nc1ncc(Cc2cc(Cl)ccc2Cl)s1. The van der Waals surface area contributed by atoms with Gasteiger partial charge >= 0.3 is 0 Å². The van der Waals surface area contributed by atoms with E-state index in [4.69, 9.17) is 27.9 Å². The minimum Gasteiger partial charge on any atom is -0.378 e. The number of halogens is 2. The van der Waals surface area contributed by atoms with Crippen molar-refractivity contribution in [1.29, 1.82) is 0 Å². The van der Waals surface area contributed by atoms with Gasteiger partial charge in [0.2, 0.25) is 5.91 Å². The lowest BCUT2D eigenvalue weighted by atomic mass is 10.1. The van der Waals surface area contributed by atoms with Crippen molar-refractivity contribution in [3.8, 4) is 0 Å². The largest absolute Gasteiger partial charge is 0.378 e. The van der Waals surface area contributed by atoms with Gasteiger partial charge in [-0.2, -0.15) is 0 Å². The van der Waals surface area contributed by atoms with Gasteiger partial charge in [0.15, 0.2) is 5.13 Å². The van der Waals surface area contributed by atoms with Crippen molar-refractivity contribution in [3.63, 3.8) is 0 Å². The zero-order valence-electron chi connectivity index (χ0n) is 12.9. The van der Waals surface area contributed by atoms with Crippen molar-refractivity contribution in [3.05, 3.63) is 44.9 Å². The van der Waals surface area contributed by atoms with Crippen LogP contribution in [0.2, 0.25) is 10.0 Å². The van der Waals surface area contributed by atoms with Crippen LogP contribution in [0.15, 0.2) is 24.4 Å². The molecule has 1 saturated heterocycles. The summed E-state index contributed by atoms with van der Waals surface area (Å²) in [7, 11) is 0. The number of thiazole rings is 1. The summed E-state index contributed by atoms with van der Waals surface area (Å²) in [5.41, 5.74) is 0.939. The average molecular weight is 386 g/mol. The fourth-order valence-electron chi connectivity index (χ4n) is 2.46. The van der Waals surface area contributed by atoms with Crippen LogP contribution in [0.3, 0.4) is 0 Å². The molecule has 24 heavy (non-hydrogen) atoms. The Labute approximate surface area is 154 Å². The third-order valence-corrected chi connectivity index (χ3v) is 5.12. The van der Waals surface area contributed by atoms with Crippen molar-refractivity contribution in [1.82, 2.24) is 10.3 Å². The van der Waals surface area contributed by atoms with Crippen molar-refractivity contribution in [2.24, 2.45) is 0 Å². The third kappa shape index (κ3) is 4.91. The van der Waals surface area contributed by atoms with Crippen LogP contribution in [-0.4, -0.2) is 36.7 Å². The Morgan fingerprint density at radius 2 is 2.33 bits per heavy atom. The Morgan fingerprint density at radius 1 is 1.46 bits per heavy atom. The van der Waals surface area contributed by atoms with E-state index < -0.39 is 0 Å². The van der Waals surface area contributed by atoms with Crippen LogP contribution in [0.25, 0.3) is 0 Å². The summed E-state index contributed by atoms with van der Waals surface area (Å²) < 4.78 is 5.35. The zero-order chi connectivity index (χ0) is 16.9. The number of aromatic nitrogens is 1. The van der Waals surface area contributed by atoms with Crippen LogP contribution in [0, 0.1) is 0 Å². The van der Waals surface area contributed by atoms with Gasteiger partial charge in [0.25, 0.3) is 0 Å². The first-order valence-electron chi connectivity index (χ1n) is 7.60. The minimum atomic E-state index is -0.0697. The maximum absolute atomic E-state index is 12.1. The van der Waals surface area contributed by atoms with E-state index >= 15 is 0 Å². The molecule has 0 aliphatic carbocycles. The number of morpholine rings is 1. The van der Waals surface area contributed by atoms with E-state index in [1.54, 1.807) is 18.3 Å². The summed E-state index contributed by atoms with van der Waals surface area (Å²) in [6.45, 7) is 2.03. The van der Waals surface area contributed by atoms with Crippen LogP contribution in [-0.2, 0) is 16.0 Å². The molecule has 0 spiro atoms. The number of carbonyl (C=O) groups excluding carboxylic acids is 1. The lowest BCUT2D eigenvalue weighted by Crippen LogP contribution is -2.43. The van der Waals surface area contributed by atoms with E-state index in [2.05, 4.69) is 15.6 Å². The molecule has 1 aromatic heterocycles. The molecule has 128 valence electrons. The second-order valence-corrected chi connectivity index (χ2v) is 7.48. The number of ether oxygens (including phenoxy) is 1. The lowest BCUT2D eigenvalue weighted by Gasteiger charge is -2.22. The molecule has 1 fully saturated rings. The van der Waals surface area contributed by atoms with Gasteiger partial charge in [-0.1, -0.05) is 23.2 Å². The van der Waals surface area contributed by atoms with E-state index in [0.717, 1.165) is 17.0 Å². The van der Waals surface area contributed by atoms with Crippen LogP contribution in [0.4, 0.5) is 5.13 Å². The van der Waals surface area contributed by atoms with Gasteiger partial charge in [-0.15, -0.1) is 11.3 Å². The van der Waals surface area contributed by atoms with Crippen LogP contribution in [0.5, 0.6) is 0 Å². The summed E-state index contributed by atoms with van der Waals surface area (Å²) in [5, 5.41) is 7.99. The lowest BCUT2D eigenvalue weighted by molar-refractivity contribution is -0.117. The molecular weight excluding hydrogens is 369 g/mol. The first-order valence-corrected chi connectivity index (χ1v) is 9.17. The monoisotopic (exact) mass is 385 g/mol. The molecule has 3 rings (SSSR count). The van der Waals surface area contributed by atoms with Gasteiger partial charge in [0.1, 0.15) is 0 Å². The molecule has 1 aromatic carbocycles. The second-order valence-electron chi connectivity index (χ2n) is 5.52. The summed E-state index contributed by atoms with van der Waals surface area (Å²) in [4.78, 5) is 17.3. The Morgan fingerprint density at radius 3 is 3.12 bits per heavy atom. The molecule has 1 unspecified atom stereocenters. The van der Waals surface area contributed by atoms with Crippen LogP contribution < -0.4 is 10.6 Å². The molecular formula is C16H17Cl2N3O2S. The fourth-order valence-corrected chi connectivity index (χ4v) is 3.69. The molecule has 5 nitrogen and oxygen atoms in total. The molecule has 1 atom stereocenters. The molecule has 1 aliphatic heterocycles. The maximum atomic E-state index is 12.1. The summed E-state index contributed by atoms with van der Waals surface area (Å²) >= 11 is 13.6. The minimum absolute atomic E-state index is 0.0587. The van der Waals surface area contributed by atoms with E-state index in [-0.39, 0.29) is 11.9 Å². The number of nitrogens with zero attached hydrogens (tertiary/aromatic N) is 1. The van der Waals surface area contributed by atoms with Gasteiger partial charge in [0.05, 0.1) is 13.2 Å². The number of hydrogen-bond donors (Lipinski definition) is 2. The number of rotatable bonds is 5. The van der Waals surface area contributed by atoms with Gasteiger partial charge in [-0.05, 0) is 23.8 Å². The highest BCUT2D eigenvalue weighted by atomic mass is 35.5. The van der Waals surface area contributed by atoms with Gasteiger partial charge in [0, 0.05) is 46.5 Å². The van der Waals surface area contributed by atoms with Crippen molar-refractivity contribution >= 4 is 45.6 Å². The quantitative estimate of drug-likeness (QED) is 0.827. The molecule has 1 amide bonds. The van der Waals surface area contributed by atoms with Crippen LogP contribution >= 0.6 is 34.5 Å². The topological polar surface area (TPSA) is 63.2 Å². The van der Waals surface area contributed by atoms with Crippen molar-refractivity contribution < 1.29 is 9.53 Å². The normalized spacial score (nSPS) is 17.7. The van der Waals surface area contributed by atoms with E-state index in [1.165, 1.54) is 11.3 Å². The number of benzene rings is 1. The van der Waals surface area contributed by atoms with Crippen molar-refractivity contribution in [2.45, 2.75) is 18.9 Å². The van der Waals surface area contributed by atoms with E-state index in [9.17, 15) is 4.79 Å². The number of hydrogen-bond acceptors (Lipinski definition) is 5. The summed E-state index contributed by atoms with van der Waals surface area (Å²) in [5.74, 6) is -0.0697. The highest BCUT2D eigenvalue weighted by Crippen LogP contribution is 2.27. The first-order chi connectivity index (χ1) is 11.6. The Bertz CT molecular complexity index is 717. The number of carbonyl (C=O) groups is 1. The van der Waals surface area contributed by atoms with Gasteiger partial charge in [-0.25, -0.2) is 4.98 Å². The van der Waals surface area contributed by atoms with Crippen molar-refractivity contribution in [2.75, 3.05) is 25.1 Å². The van der Waals surface area contributed by atoms with E-state index in [1.807, 2.05) is 6.07 Å². The van der Waals surface area contributed by atoms with E-state index in [0.29, 0.717) is 41.2 Å². The number of amides is 1. The molecule has 1 aliphatic rings. The molecule has 0 radical (unpaired) electrons. The molecule has 2 N–H and O–H groups in total. The smallest absolute Gasteiger partial charge is 0.227 e. The van der Waals surface area contributed by atoms with Gasteiger partial charge < -0.3 is 15.4 Å². The third-order valence-electron chi connectivity index (χ3n) is 3.60. The molecule has 2 aromatic rings. The molecule has 0 bridgehead atoms.